The second-order valence-corrected chi connectivity index (χ2v) is 4.57. The van der Waals surface area contributed by atoms with Gasteiger partial charge < -0.3 is 10.0 Å². The minimum absolute atomic E-state index is 0.00685. The molecule has 1 aromatic rings. The zero-order chi connectivity index (χ0) is 13.1. The number of carboxylic acids is 1. The van der Waals surface area contributed by atoms with Gasteiger partial charge in [-0.15, -0.1) is 0 Å². The minimum Gasteiger partial charge on any atom is -0.481 e. The molecule has 0 aliphatic carbocycles. The van der Waals surface area contributed by atoms with Crippen LogP contribution in [-0.4, -0.2) is 33.9 Å². The van der Waals surface area contributed by atoms with Crippen molar-refractivity contribution in [1.82, 2.24) is 9.88 Å². The fourth-order valence-electron chi connectivity index (χ4n) is 2.50. The number of rotatable bonds is 2. The highest BCUT2D eigenvalue weighted by Gasteiger charge is 2.36. The summed E-state index contributed by atoms with van der Waals surface area (Å²) < 4.78 is 0. The van der Waals surface area contributed by atoms with Crippen LogP contribution in [0.15, 0.2) is 24.5 Å². The third kappa shape index (κ3) is 2.34. The molecule has 1 N–H and O–H groups in total. The molecule has 2 heterocycles. The SMILES string of the molecule is CN1C(=O)CCCC(C(=O)O)C1c1cccnc1. The molecule has 0 aromatic carbocycles. The van der Waals surface area contributed by atoms with Crippen LogP contribution in [0.5, 0.6) is 0 Å². The van der Waals surface area contributed by atoms with E-state index in [0.29, 0.717) is 19.3 Å². The van der Waals surface area contributed by atoms with Gasteiger partial charge in [-0.2, -0.15) is 0 Å². The van der Waals surface area contributed by atoms with Crippen LogP contribution in [0.1, 0.15) is 30.9 Å². The Morgan fingerprint density at radius 1 is 1.56 bits per heavy atom. The topological polar surface area (TPSA) is 70.5 Å². The fraction of sp³-hybridized carbons (Fsp3) is 0.462. The molecule has 0 saturated carbocycles. The molecule has 2 rings (SSSR count). The van der Waals surface area contributed by atoms with Crippen molar-refractivity contribution in [1.29, 1.82) is 0 Å². The van der Waals surface area contributed by atoms with E-state index in [4.69, 9.17) is 0 Å². The number of carbonyl (C=O) groups excluding carboxylic acids is 1. The van der Waals surface area contributed by atoms with Crippen molar-refractivity contribution in [3.05, 3.63) is 30.1 Å². The molecule has 1 aromatic heterocycles. The van der Waals surface area contributed by atoms with E-state index in [2.05, 4.69) is 4.98 Å². The molecule has 18 heavy (non-hydrogen) atoms. The van der Waals surface area contributed by atoms with E-state index >= 15 is 0 Å². The van der Waals surface area contributed by atoms with E-state index in [1.807, 2.05) is 6.07 Å². The number of carbonyl (C=O) groups is 2. The molecule has 5 nitrogen and oxygen atoms in total. The third-order valence-corrected chi connectivity index (χ3v) is 3.44. The first-order chi connectivity index (χ1) is 8.61. The fourth-order valence-corrected chi connectivity index (χ4v) is 2.50. The Balaban J connectivity index is 2.40. The Hall–Kier alpha value is -1.91. The second-order valence-electron chi connectivity index (χ2n) is 4.57. The highest BCUT2D eigenvalue weighted by molar-refractivity contribution is 5.79. The number of hydrogen-bond acceptors (Lipinski definition) is 3. The van der Waals surface area contributed by atoms with Crippen LogP contribution in [0.2, 0.25) is 0 Å². The third-order valence-electron chi connectivity index (χ3n) is 3.44. The minimum atomic E-state index is -0.856. The van der Waals surface area contributed by atoms with Crippen molar-refractivity contribution in [2.24, 2.45) is 5.92 Å². The first-order valence-electron chi connectivity index (χ1n) is 5.99. The van der Waals surface area contributed by atoms with Crippen molar-refractivity contribution < 1.29 is 14.7 Å². The van der Waals surface area contributed by atoms with Crippen molar-refractivity contribution >= 4 is 11.9 Å². The summed E-state index contributed by atoms with van der Waals surface area (Å²) in [5, 5.41) is 9.34. The van der Waals surface area contributed by atoms with Crippen LogP contribution in [0.4, 0.5) is 0 Å². The smallest absolute Gasteiger partial charge is 0.308 e. The Bertz CT molecular complexity index is 447. The van der Waals surface area contributed by atoms with Gasteiger partial charge in [-0.3, -0.25) is 14.6 Å². The van der Waals surface area contributed by atoms with E-state index in [9.17, 15) is 14.7 Å². The maximum absolute atomic E-state index is 11.9. The zero-order valence-electron chi connectivity index (χ0n) is 10.2. The van der Waals surface area contributed by atoms with Crippen LogP contribution in [0.3, 0.4) is 0 Å². The van der Waals surface area contributed by atoms with Crippen LogP contribution >= 0.6 is 0 Å². The summed E-state index contributed by atoms with van der Waals surface area (Å²) in [6.07, 6.45) is 4.83. The van der Waals surface area contributed by atoms with Crippen LogP contribution in [0, 0.1) is 5.92 Å². The molecule has 0 spiro atoms. The Kier molecular flexibility index (Phi) is 3.60. The number of nitrogens with zero attached hydrogens (tertiary/aromatic N) is 2. The monoisotopic (exact) mass is 248 g/mol. The van der Waals surface area contributed by atoms with E-state index in [0.717, 1.165) is 5.56 Å². The predicted molar refractivity (Wildman–Crippen MR) is 64.7 cm³/mol. The molecule has 5 heteroatoms. The maximum Gasteiger partial charge on any atom is 0.308 e. The standard InChI is InChI=1S/C13H16N2O3/c1-15-11(16)6-2-5-10(13(17)18)12(15)9-4-3-7-14-8-9/h3-4,7-8,10,12H,2,5-6H2,1H3,(H,17,18). The number of likely N-dealkylation sites (tertiary alicyclic amines) is 1. The molecule has 1 aliphatic rings. The highest BCUT2D eigenvalue weighted by Crippen LogP contribution is 2.34. The summed E-state index contributed by atoms with van der Waals surface area (Å²) in [5.41, 5.74) is 0.780. The number of hydrogen-bond donors (Lipinski definition) is 1. The van der Waals surface area contributed by atoms with E-state index < -0.39 is 17.9 Å². The van der Waals surface area contributed by atoms with Crippen LogP contribution in [-0.2, 0) is 9.59 Å². The molecule has 2 atom stereocenters. The van der Waals surface area contributed by atoms with Gasteiger partial charge in [0.1, 0.15) is 0 Å². The molecular formula is C13H16N2O3. The van der Waals surface area contributed by atoms with Gasteiger partial charge in [0.25, 0.3) is 0 Å². The van der Waals surface area contributed by atoms with Gasteiger partial charge in [-0.25, -0.2) is 0 Å². The number of pyridine rings is 1. The lowest BCUT2D eigenvalue weighted by Crippen LogP contribution is -2.36. The van der Waals surface area contributed by atoms with Gasteiger partial charge in [0.15, 0.2) is 0 Å². The first kappa shape index (κ1) is 12.5. The molecule has 0 radical (unpaired) electrons. The summed E-state index contributed by atoms with van der Waals surface area (Å²) in [5.74, 6) is -1.43. The van der Waals surface area contributed by atoms with Crippen molar-refractivity contribution in [3.8, 4) is 0 Å². The van der Waals surface area contributed by atoms with Gasteiger partial charge in [-0.1, -0.05) is 6.07 Å². The number of aliphatic carboxylic acids is 1. The van der Waals surface area contributed by atoms with E-state index in [-0.39, 0.29) is 5.91 Å². The average molecular weight is 248 g/mol. The van der Waals surface area contributed by atoms with E-state index in [1.165, 1.54) is 0 Å². The van der Waals surface area contributed by atoms with Crippen molar-refractivity contribution in [2.45, 2.75) is 25.3 Å². The van der Waals surface area contributed by atoms with Crippen LogP contribution < -0.4 is 0 Å². The lowest BCUT2D eigenvalue weighted by Gasteiger charge is -2.30. The Labute approximate surface area is 105 Å². The summed E-state index contributed by atoms with van der Waals surface area (Å²) in [7, 11) is 1.67. The summed E-state index contributed by atoms with van der Waals surface area (Å²) in [6.45, 7) is 0. The first-order valence-corrected chi connectivity index (χ1v) is 5.99. The molecule has 96 valence electrons. The molecule has 1 aliphatic heterocycles. The van der Waals surface area contributed by atoms with Gasteiger partial charge in [0.05, 0.1) is 12.0 Å². The van der Waals surface area contributed by atoms with Crippen molar-refractivity contribution in [3.63, 3.8) is 0 Å². The number of carboxylic acid groups (broad SMARTS) is 1. The molecule has 1 saturated heterocycles. The molecule has 1 fully saturated rings. The van der Waals surface area contributed by atoms with E-state index in [1.54, 1.807) is 30.4 Å². The molecular weight excluding hydrogens is 232 g/mol. The maximum atomic E-state index is 11.9. The quantitative estimate of drug-likeness (QED) is 0.860. The summed E-state index contributed by atoms with van der Waals surface area (Å²) in [4.78, 5) is 28.8. The predicted octanol–water partition coefficient (Wildman–Crippen LogP) is 1.47. The zero-order valence-corrected chi connectivity index (χ0v) is 10.2. The highest BCUT2D eigenvalue weighted by atomic mass is 16.4. The molecule has 1 amide bonds. The second kappa shape index (κ2) is 5.16. The van der Waals surface area contributed by atoms with Gasteiger partial charge in [-0.05, 0) is 24.5 Å². The Morgan fingerprint density at radius 2 is 2.33 bits per heavy atom. The molecule has 2 unspecified atom stereocenters. The normalized spacial score (nSPS) is 24.7. The number of aromatic nitrogens is 1. The van der Waals surface area contributed by atoms with Gasteiger partial charge in [0, 0.05) is 25.9 Å². The van der Waals surface area contributed by atoms with Gasteiger partial charge >= 0.3 is 5.97 Å². The lowest BCUT2D eigenvalue weighted by atomic mass is 9.90. The number of amides is 1. The van der Waals surface area contributed by atoms with Crippen molar-refractivity contribution in [2.75, 3.05) is 7.05 Å². The Morgan fingerprint density at radius 3 is 2.94 bits per heavy atom. The molecule has 0 bridgehead atoms. The largest absolute Gasteiger partial charge is 0.481 e. The summed E-state index contributed by atoms with van der Waals surface area (Å²) >= 11 is 0. The van der Waals surface area contributed by atoms with Gasteiger partial charge in [0.2, 0.25) is 5.91 Å². The summed E-state index contributed by atoms with van der Waals surface area (Å²) in [6, 6.07) is 3.16. The average Bonchev–Trinajstić information content (AvgIpc) is 2.51. The lowest BCUT2D eigenvalue weighted by molar-refractivity contribution is -0.145. The van der Waals surface area contributed by atoms with Crippen LogP contribution in [0.25, 0.3) is 0 Å².